The maximum absolute atomic E-state index is 13.1. The standard InChI is InChI=1S/C27H33N3O5S/c1-7-30-17(4)23(26(32)35-15-16(2)3)24(29-27(30)36)18-8-10-20(11-9-18)28-25(31)19-12-21(33-5)14-22(13-19)34-6/h8-14,16,24H,7,15H2,1-6H3,(H,28,31)(H,29,36). The van der Waals surface area contributed by atoms with Crippen LogP contribution in [0.15, 0.2) is 53.7 Å². The van der Waals surface area contributed by atoms with Crippen molar-refractivity contribution in [1.29, 1.82) is 0 Å². The minimum atomic E-state index is -0.465. The van der Waals surface area contributed by atoms with E-state index in [9.17, 15) is 9.59 Å². The van der Waals surface area contributed by atoms with Gasteiger partial charge in [0.2, 0.25) is 0 Å². The summed E-state index contributed by atoms with van der Waals surface area (Å²) in [6.45, 7) is 8.81. The number of carbonyl (C=O) groups excluding carboxylic acids is 2. The fourth-order valence-electron chi connectivity index (χ4n) is 3.90. The maximum atomic E-state index is 13.1. The van der Waals surface area contributed by atoms with Gasteiger partial charge in [-0.2, -0.15) is 0 Å². The zero-order valence-corrected chi connectivity index (χ0v) is 22.3. The predicted octanol–water partition coefficient (Wildman–Crippen LogP) is 4.68. The second-order valence-electron chi connectivity index (χ2n) is 8.80. The summed E-state index contributed by atoms with van der Waals surface area (Å²) in [6, 6.07) is 11.8. The number of carbonyl (C=O) groups is 2. The summed E-state index contributed by atoms with van der Waals surface area (Å²) in [5.41, 5.74) is 3.12. The molecule has 1 amide bonds. The fraction of sp³-hybridized carbons (Fsp3) is 0.370. The number of esters is 1. The van der Waals surface area contributed by atoms with Gasteiger partial charge in [-0.15, -0.1) is 0 Å². The Kier molecular flexibility index (Phi) is 8.93. The van der Waals surface area contributed by atoms with Crippen LogP contribution < -0.4 is 20.1 Å². The summed E-state index contributed by atoms with van der Waals surface area (Å²) in [4.78, 5) is 27.8. The van der Waals surface area contributed by atoms with Crippen LogP contribution in [0, 0.1) is 5.92 Å². The Balaban J connectivity index is 1.85. The molecule has 8 nitrogen and oxygen atoms in total. The highest BCUT2D eigenvalue weighted by Gasteiger charge is 2.34. The molecule has 192 valence electrons. The highest BCUT2D eigenvalue weighted by molar-refractivity contribution is 7.80. The molecule has 9 heteroatoms. The molecule has 0 aromatic heterocycles. The van der Waals surface area contributed by atoms with Gasteiger partial charge in [0, 0.05) is 29.6 Å². The Morgan fingerprint density at radius 2 is 1.69 bits per heavy atom. The van der Waals surface area contributed by atoms with E-state index in [0.29, 0.717) is 46.6 Å². The molecule has 0 saturated carbocycles. The molecular formula is C27H33N3O5S. The number of methoxy groups -OCH3 is 2. The lowest BCUT2D eigenvalue weighted by Crippen LogP contribution is -2.47. The number of amides is 1. The van der Waals surface area contributed by atoms with Crippen LogP contribution in [0.1, 0.15) is 49.7 Å². The Morgan fingerprint density at radius 3 is 2.22 bits per heavy atom. The zero-order valence-electron chi connectivity index (χ0n) is 21.5. The second kappa shape index (κ2) is 11.9. The number of allylic oxidation sites excluding steroid dienone is 1. The molecule has 2 aromatic rings. The first-order chi connectivity index (χ1) is 17.2. The Bertz CT molecular complexity index is 1140. The number of nitrogens with one attached hydrogen (secondary N) is 2. The van der Waals surface area contributed by atoms with Gasteiger partial charge in [0.05, 0.1) is 32.4 Å². The van der Waals surface area contributed by atoms with Crippen molar-refractivity contribution < 1.29 is 23.8 Å². The number of benzene rings is 2. The number of hydrogen-bond donors (Lipinski definition) is 2. The molecule has 0 saturated heterocycles. The monoisotopic (exact) mass is 511 g/mol. The normalized spacial score (nSPS) is 15.5. The van der Waals surface area contributed by atoms with Gasteiger partial charge in [-0.05, 0) is 61.8 Å². The van der Waals surface area contributed by atoms with Crippen LogP contribution in [-0.4, -0.2) is 49.3 Å². The van der Waals surface area contributed by atoms with Gasteiger partial charge < -0.3 is 29.7 Å². The number of nitrogens with zero attached hydrogens (tertiary/aromatic N) is 1. The van der Waals surface area contributed by atoms with Gasteiger partial charge in [0.1, 0.15) is 11.5 Å². The van der Waals surface area contributed by atoms with Crippen molar-refractivity contribution in [2.45, 2.75) is 33.7 Å². The Hall–Kier alpha value is -3.59. The maximum Gasteiger partial charge on any atom is 0.338 e. The quantitative estimate of drug-likeness (QED) is 0.371. The third-order valence-electron chi connectivity index (χ3n) is 5.80. The third kappa shape index (κ3) is 6.15. The van der Waals surface area contributed by atoms with Gasteiger partial charge >= 0.3 is 5.97 Å². The molecule has 1 aliphatic rings. The number of ether oxygens (including phenoxy) is 3. The molecule has 1 unspecified atom stereocenters. The van der Waals surface area contributed by atoms with Gasteiger partial charge in [-0.25, -0.2) is 4.79 Å². The summed E-state index contributed by atoms with van der Waals surface area (Å²) in [7, 11) is 3.06. The highest BCUT2D eigenvalue weighted by atomic mass is 32.1. The summed E-state index contributed by atoms with van der Waals surface area (Å²) in [5, 5.41) is 6.71. The first kappa shape index (κ1) is 27.0. The van der Waals surface area contributed by atoms with Crippen molar-refractivity contribution in [2.24, 2.45) is 5.92 Å². The minimum absolute atomic E-state index is 0.223. The summed E-state index contributed by atoms with van der Waals surface area (Å²) in [5.74, 6) is 0.595. The summed E-state index contributed by atoms with van der Waals surface area (Å²) in [6.07, 6.45) is 0. The van der Waals surface area contributed by atoms with Crippen molar-refractivity contribution in [3.63, 3.8) is 0 Å². The van der Waals surface area contributed by atoms with Crippen LogP contribution in [0.2, 0.25) is 0 Å². The average Bonchev–Trinajstić information content (AvgIpc) is 2.87. The molecule has 1 atom stereocenters. The average molecular weight is 512 g/mol. The lowest BCUT2D eigenvalue weighted by atomic mass is 9.94. The van der Waals surface area contributed by atoms with E-state index in [1.165, 1.54) is 14.2 Å². The molecule has 1 heterocycles. The van der Waals surface area contributed by atoms with Gasteiger partial charge in [-0.1, -0.05) is 26.0 Å². The molecule has 0 fully saturated rings. The molecule has 0 bridgehead atoms. The van der Waals surface area contributed by atoms with E-state index in [4.69, 9.17) is 26.4 Å². The predicted molar refractivity (Wildman–Crippen MR) is 143 cm³/mol. The lowest BCUT2D eigenvalue weighted by Gasteiger charge is -2.37. The molecule has 2 aromatic carbocycles. The number of rotatable bonds is 9. The van der Waals surface area contributed by atoms with Crippen molar-refractivity contribution in [2.75, 3.05) is 32.7 Å². The molecule has 0 spiro atoms. The third-order valence-corrected chi connectivity index (χ3v) is 6.13. The molecule has 36 heavy (non-hydrogen) atoms. The van der Waals surface area contributed by atoms with Crippen LogP contribution >= 0.6 is 12.2 Å². The molecular weight excluding hydrogens is 478 g/mol. The zero-order chi connectivity index (χ0) is 26.4. The van der Waals surface area contributed by atoms with Gasteiger partial charge in [-0.3, -0.25) is 4.79 Å². The van der Waals surface area contributed by atoms with Crippen LogP contribution in [0.5, 0.6) is 11.5 Å². The molecule has 2 N–H and O–H groups in total. The summed E-state index contributed by atoms with van der Waals surface area (Å²) >= 11 is 5.56. The Morgan fingerprint density at radius 1 is 1.08 bits per heavy atom. The fourth-order valence-corrected chi connectivity index (χ4v) is 4.28. The second-order valence-corrected chi connectivity index (χ2v) is 9.18. The van der Waals surface area contributed by atoms with Crippen molar-refractivity contribution in [3.8, 4) is 11.5 Å². The van der Waals surface area contributed by atoms with Crippen LogP contribution in [0.3, 0.4) is 0 Å². The largest absolute Gasteiger partial charge is 0.497 e. The van der Waals surface area contributed by atoms with E-state index in [0.717, 1.165) is 11.3 Å². The number of hydrogen-bond acceptors (Lipinski definition) is 6. The number of anilines is 1. The molecule has 0 aliphatic carbocycles. The van der Waals surface area contributed by atoms with Crippen molar-refractivity contribution >= 4 is 34.9 Å². The Labute approximate surface area is 217 Å². The van der Waals surface area contributed by atoms with E-state index < -0.39 is 6.04 Å². The van der Waals surface area contributed by atoms with E-state index in [1.54, 1.807) is 30.3 Å². The van der Waals surface area contributed by atoms with Crippen LogP contribution in [0.4, 0.5) is 5.69 Å². The van der Waals surface area contributed by atoms with E-state index in [1.807, 2.05) is 44.7 Å². The first-order valence-corrected chi connectivity index (χ1v) is 12.2. The molecule has 1 aliphatic heterocycles. The van der Waals surface area contributed by atoms with Crippen molar-refractivity contribution in [1.82, 2.24) is 10.2 Å². The topological polar surface area (TPSA) is 89.1 Å². The minimum Gasteiger partial charge on any atom is -0.497 e. The van der Waals surface area contributed by atoms with Crippen molar-refractivity contribution in [3.05, 3.63) is 64.9 Å². The molecule has 0 radical (unpaired) electrons. The van der Waals surface area contributed by atoms with Gasteiger partial charge in [0.25, 0.3) is 5.91 Å². The van der Waals surface area contributed by atoms with Crippen LogP contribution in [-0.2, 0) is 9.53 Å². The van der Waals surface area contributed by atoms with Crippen LogP contribution in [0.25, 0.3) is 0 Å². The SMILES string of the molecule is CCN1C(=S)NC(c2ccc(NC(=O)c3cc(OC)cc(OC)c3)cc2)C(C(=O)OCC(C)C)=C1C. The first-order valence-electron chi connectivity index (χ1n) is 11.8. The smallest absolute Gasteiger partial charge is 0.338 e. The lowest BCUT2D eigenvalue weighted by molar-refractivity contribution is -0.140. The van der Waals surface area contributed by atoms with E-state index in [2.05, 4.69) is 10.6 Å². The van der Waals surface area contributed by atoms with E-state index in [-0.39, 0.29) is 17.8 Å². The van der Waals surface area contributed by atoms with E-state index >= 15 is 0 Å². The summed E-state index contributed by atoms with van der Waals surface area (Å²) < 4.78 is 16.1. The van der Waals surface area contributed by atoms with Gasteiger partial charge in [0.15, 0.2) is 5.11 Å². The highest BCUT2D eigenvalue weighted by Crippen LogP contribution is 2.32. The molecule has 3 rings (SSSR count). The number of thiocarbonyl (C=S) groups is 1.